The predicted molar refractivity (Wildman–Crippen MR) is 76.8 cm³/mol. The first-order valence-corrected chi connectivity index (χ1v) is 7.95. The Morgan fingerprint density at radius 2 is 1.15 bits per heavy atom. The molecule has 4 atom stereocenters. The summed E-state index contributed by atoms with van der Waals surface area (Å²) >= 11 is 0. The largest absolute Gasteiger partial charge is 0.294 e. The van der Waals surface area contributed by atoms with Gasteiger partial charge in [-0.15, -0.1) is 0 Å². The van der Waals surface area contributed by atoms with Gasteiger partial charge in [0.2, 0.25) is 0 Å². The monoisotopic (exact) mass is 268 g/mol. The molecule has 0 radical (unpaired) electrons. The first kappa shape index (κ1) is 12.3. The lowest BCUT2D eigenvalue weighted by Gasteiger charge is -2.32. The molecule has 2 nitrogen and oxygen atoms in total. The SMILES string of the molecule is O=C1c2ccccc2C(=O)[C@H]2CCC[C@H]2[C@H]2CCC[C@H]12. The van der Waals surface area contributed by atoms with Gasteiger partial charge in [-0.05, 0) is 37.5 Å². The molecule has 0 heterocycles. The van der Waals surface area contributed by atoms with Crippen molar-refractivity contribution in [3.8, 4) is 0 Å². The minimum absolute atomic E-state index is 0.176. The van der Waals surface area contributed by atoms with E-state index in [-0.39, 0.29) is 23.4 Å². The molecule has 0 N–H and O–H groups in total. The van der Waals surface area contributed by atoms with E-state index in [1.54, 1.807) is 0 Å². The van der Waals surface area contributed by atoms with E-state index >= 15 is 0 Å². The van der Waals surface area contributed by atoms with Gasteiger partial charge < -0.3 is 0 Å². The Labute approximate surface area is 119 Å². The predicted octanol–water partition coefficient (Wildman–Crippen LogP) is 3.90. The van der Waals surface area contributed by atoms with Crippen LogP contribution in [-0.2, 0) is 0 Å². The van der Waals surface area contributed by atoms with Crippen molar-refractivity contribution in [2.24, 2.45) is 23.7 Å². The molecule has 3 aliphatic rings. The molecule has 0 bridgehead atoms. The number of benzene rings is 1. The summed E-state index contributed by atoms with van der Waals surface area (Å²) in [5.41, 5.74) is 1.39. The second kappa shape index (κ2) is 4.54. The van der Waals surface area contributed by atoms with Crippen LogP contribution in [0.4, 0.5) is 0 Å². The molecule has 0 unspecified atom stereocenters. The molecular weight excluding hydrogens is 248 g/mol. The van der Waals surface area contributed by atoms with Crippen LogP contribution in [0.2, 0.25) is 0 Å². The van der Waals surface area contributed by atoms with Gasteiger partial charge in [0.05, 0.1) is 0 Å². The Kier molecular flexibility index (Phi) is 2.80. The average molecular weight is 268 g/mol. The molecule has 0 saturated heterocycles. The van der Waals surface area contributed by atoms with Crippen molar-refractivity contribution < 1.29 is 9.59 Å². The van der Waals surface area contributed by atoms with Crippen LogP contribution in [-0.4, -0.2) is 11.6 Å². The normalized spacial score (nSPS) is 36.0. The van der Waals surface area contributed by atoms with Crippen LogP contribution < -0.4 is 0 Å². The summed E-state index contributed by atoms with van der Waals surface area (Å²) < 4.78 is 0. The second-order valence-electron chi connectivity index (χ2n) is 6.68. The summed E-state index contributed by atoms with van der Waals surface area (Å²) in [6.45, 7) is 0. The van der Waals surface area contributed by atoms with Crippen LogP contribution >= 0.6 is 0 Å². The van der Waals surface area contributed by atoms with E-state index in [1.165, 1.54) is 0 Å². The fourth-order valence-corrected chi connectivity index (χ4v) is 4.97. The van der Waals surface area contributed by atoms with E-state index in [4.69, 9.17) is 0 Å². The zero-order valence-corrected chi connectivity index (χ0v) is 11.7. The first-order chi connectivity index (χ1) is 9.77. The van der Waals surface area contributed by atoms with E-state index < -0.39 is 0 Å². The molecular formula is C18H20O2. The number of carbonyl (C=O) groups is 2. The fourth-order valence-electron chi connectivity index (χ4n) is 4.97. The van der Waals surface area contributed by atoms with Gasteiger partial charge in [-0.3, -0.25) is 9.59 Å². The van der Waals surface area contributed by atoms with Crippen molar-refractivity contribution in [3.05, 3.63) is 35.4 Å². The van der Waals surface area contributed by atoms with E-state index in [1.807, 2.05) is 24.3 Å². The third kappa shape index (κ3) is 1.63. The summed E-state index contributed by atoms with van der Waals surface area (Å²) in [6, 6.07) is 7.50. The van der Waals surface area contributed by atoms with Crippen LogP contribution in [0.15, 0.2) is 24.3 Å². The van der Waals surface area contributed by atoms with Gasteiger partial charge >= 0.3 is 0 Å². The number of hydrogen-bond acceptors (Lipinski definition) is 2. The van der Waals surface area contributed by atoms with Crippen molar-refractivity contribution in [2.45, 2.75) is 38.5 Å². The first-order valence-electron chi connectivity index (χ1n) is 7.95. The molecule has 104 valence electrons. The van der Waals surface area contributed by atoms with Crippen LogP contribution in [0.25, 0.3) is 0 Å². The van der Waals surface area contributed by atoms with E-state index in [0.717, 1.165) is 38.5 Å². The van der Waals surface area contributed by atoms with Crippen molar-refractivity contribution in [3.63, 3.8) is 0 Å². The lowest BCUT2D eigenvalue weighted by Crippen LogP contribution is -2.35. The summed E-state index contributed by atoms with van der Waals surface area (Å²) in [4.78, 5) is 25.7. The summed E-state index contributed by atoms with van der Waals surface area (Å²) in [5.74, 6) is 1.76. The minimum Gasteiger partial charge on any atom is -0.294 e. The standard InChI is InChI=1S/C18H20O2/c19-17-13-9-3-7-11(13)12-8-4-10-14(12)18(20)16-6-2-1-5-15(16)17/h1-2,5-6,11-14H,3-4,7-10H2/t11-,12+,13-,14-/m0/s1. The summed E-state index contributed by atoms with van der Waals surface area (Å²) in [5, 5.41) is 0. The molecule has 0 aliphatic heterocycles. The molecule has 4 rings (SSSR count). The Hall–Kier alpha value is -1.44. The van der Waals surface area contributed by atoms with Gasteiger partial charge in [0.15, 0.2) is 11.6 Å². The Morgan fingerprint density at radius 1 is 0.700 bits per heavy atom. The van der Waals surface area contributed by atoms with Crippen LogP contribution in [0.3, 0.4) is 0 Å². The Bertz CT molecular complexity index is 524. The van der Waals surface area contributed by atoms with Crippen LogP contribution in [0, 0.1) is 23.7 Å². The molecule has 0 aromatic heterocycles. The van der Waals surface area contributed by atoms with Gasteiger partial charge in [0.1, 0.15) is 0 Å². The zero-order chi connectivity index (χ0) is 13.7. The van der Waals surface area contributed by atoms with E-state index in [2.05, 4.69) is 0 Å². The van der Waals surface area contributed by atoms with Crippen molar-refractivity contribution in [2.75, 3.05) is 0 Å². The smallest absolute Gasteiger partial charge is 0.166 e. The molecule has 0 spiro atoms. The van der Waals surface area contributed by atoms with Gasteiger partial charge in [-0.1, -0.05) is 37.1 Å². The maximum absolute atomic E-state index is 12.9. The Balaban J connectivity index is 1.88. The van der Waals surface area contributed by atoms with Crippen LogP contribution in [0.1, 0.15) is 59.2 Å². The number of Topliss-reactive ketones (excluding diaryl/α,β-unsaturated/α-hetero) is 2. The highest BCUT2D eigenvalue weighted by Gasteiger charge is 2.47. The zero-order valence-electron chi connectivity index (χ0n) is 11.7. The summed E-state index contributed by atoms with van der Waals surface area (Å²) in [6.07, 6.45) is 6.64. The molecule has 2 heteroatoms. The maximum Gasteiger partial charge on any atom is 0.166 e. The molecule has 3 aliphatic carbocycles. The topological polar surface area (TPSA) is 34.1 Å². The van der Waals surface area contributed by atoms with Crippen molar-refractivity contribution in [1.29, 1.82) is 0 Å². The number of hydrogen-bond donors (Lipinski definition) is 0. The number of carbonyl (C=O) groups excluding carboxylic acids is 2. The van der Waals surface area contributed by atoms with Crippen LogP contribution in [0.5, 0.6) is 0 Å². The van der Waals surface area contributed by atoms with E-state index in [9.17, 15) is 9.59 Å². The second-order valence-corrected chi connectivity index (χ2v) is 6.68. The highest BCUT2D eigenvalue weighted by molar-refractivity contribution is 6.11. The minimum atomic E-state index is 0.176. The third-order valence-electron chi connectivity index (χ3n) is 5.82. The molecule has 1 aromatic carbocycles. The summed E-state index contributed by atoms with van der Waals surface area (Å²) in [7, 11) is 0. The lowest BCUT2D eigenvalue weighted by atomic mass is 9.70. The average Bonchev–Trinajstić information content (AvgIpc) is 3.12. The quantitative estimate of drug-likeness (QED) is 0.715. The van der Waals surface area contributed by atoms with Crippen molar-refractivity contribution in [1.82, 2.24) is 0 Å². The fraction of sp³-hybridized carbons (Fsp3) is 0.556. The van der Waals surface area contributed by atoms with Gasteiger partial charge in [0, 0.05) is 23.0 Å². The van der Waals surface area contributed by atoms with Crippen molar-refractivity contribution >= 4 is 11.6 Å². The molecule has 20 heavy (non-hydrogen) atoms. The molecule has 2 saturated carbocycles. The lowest BCUT2D eigenvalue weighted by molar-refractivity contribution is 0.0738. The highest BCUT2D eigenvalue weighted by Crippen LogP contribution is 2.50. The number of ketones is 2. The van der Waals surface area contributed by atoms with E-state index in [0.29, 0.717) is 23.0 Å². The van der Waals surface area contributed by atoms with Gasteiger partial charge in [-0.2, -0.15) is 0 Å². The molecule has 1 aromatic rings. The number of fused-ring (bicyclic) bond motifs is 4. The highest BCUT2D eigenvalue weighted by atomic mass is 16.1. The molecule has 2 fully saturated rings. The van der Waals surface area contributed by atoms with Gasteiger partial charge in [0.25, 0.3) is 0 Å². The maximum atomic E-state index is 12.9. The van der Waals surface area contributed by atoms with Gasteiger partial charge in [-0.25, -0.2) is 0 Å². The molecule has 0 amide bonds. The Morgan fingerprint density at radius 3 is 1.60 bits per heavy atom. The number of rotatable bonds is 0. The third-order valence-corrected chi connectivity index (χ3v) is 5.82.